The highest BCUT2D eigenvalue weighted by molar-refractivity contribution is 7.86. The highest BCUT2D eigenvalue weighted by atomic mass is 32.2. The van der Waals surface area contributed by atoms with Crippen LogP contribution >= 0.6 is 0 Å². The molecule has 1 heterocycles. The van der Waals surface area contributed by atoms with Gasteiger partial charge in [0, 0.05) is 26.2 Å². The van der Waals surface area contributed by atoms with E-state index >= 15 is 0 Å². The predicted octanol–water partition coefficient (Wildman–Crippen LogP) is 0.372. The highest BCUT2D eigenvalue weighted by Crippen LogP contribution is 2.18. The van der Waals surface area contributed by atoms with Gasteiger partial charge in [-0.05, 0) is 26.7 Å². The molecule has 6 nitrogen and oxygen atoms in total. The summed E-state index contributed by atoms with van der Waals surface area (Å²) < 4.78 is 27.1. The van der Waals surface area contributed by atoms with Gasteiger partial charge < -0.3 is 0 Å². The van der Waals surface area contributed by atoms with Gasteiger partial charge >= 0.3 is 0 Å². The van der Waals surface area contributed by atoms with E-state index in [1.165, 1.54) is 14.7 Å². The first-order valence-corrected chi connectivity index (χ1v) is 7.09. The summed E-state index contributed by atoms with van der Waals surface area (Å²) >= 11 is 0. The van der Waals surface area contributed by atoms with Crippen molar-refractivity contribution in [2.45, 2.75) is 38.8 Å². The summed E-state index contributed by atoms with van der Waals surface area (Å²) in [5, 5.41) is 0. The summed E-state index contributed by atoms with van der Waals surface area (Å²) in [6, 6.07) is -0.341. The number of hydrogen-bond donors (Lipinski definition) is 0. The van der Waals surface area contributed by atoms with Crippen molar-refractivity contribution in [3.8, 4) is 0 Å². The Balaban J connectivity index is 2.81. The van der Waals surface area contributed by atoms with Crippen molar-refractivity contribution >= 4 is 16.3 Å². The normalized spacial score (nSPS) is 22.8. The maximum absolute atomic E-state index is 12.2. The van der Waals surface area contributed by atoms with Gasteiger partial charge in [-0.1, -0.05) is 0 Å². The number of nitrogens with zero attached hydrogens (tertiary/aromatic N) is 3. The summed E-state index contributed by atoms with van der Waals surface area (Å²) in [5.74, 6) is 0. The van der Waals surface area contributed by atoms with Crippen LogP contribution in [0.4, 0.5) is 0 Å². The molecular formula is C10H19N3O3S. The van der Waals surface area contributed by atoms with E-state index in [-0.39, 0.29) is 18.6 Å². The molecule has 1 rings (SSSR count). The van der Waals surface area contributed by atoms with Crippen molar-refractivity contribution < 1.29 is 13.2 Å². The fourth-order valence-corrected chi connectivity index (χ4v) is 3.38. The number of piperidine rings is 1. The van der Waals surface area contributed by atoms with Crippen LogP contribution in [0.25, 0.3) is 0 Å². The molecule has 0 N–H and O–H groups in total. The topological polar surface area (TPSA) is 70.1 Å². The molecular weight excluding hydrogens is 242 g/mol. The molecule has 0 radical (unpaired) electrons. The zero-order valence-electron chi connectivity index (χ0n) is 10.5. The number of hydrogen-bond acceptors (Lipinski definition) is 4. The van der Waals surface area contributed by atoms with Gasteiger partial charge in [0.1, 0.15) is 0 Å². The number of aliphatic imine (C=N–C) groups is 1. The number of isocyanates is 1. The highest BCUT2D eigenvalue weighted by Gasteiger charge is 2.32. The van der Waals surface area contributed by atoms with Crippen molar-refractivity contribution in [1.82, 2.24) is 8.61 Å². The van der Waals surface area contributed by atoms with Crippen LogP contribution in [0.2, 0.25) is 0 Å². The Labute approximate surface area is 102 Å². The first-order valence-electron chi connectivity index (χ1n) is 5.69. The van der Waals surface area contributed by atoms with Crippen LogP contribution in [0.5, 0.6) is 0 Å². The molecule has 1 aliphatic rings. The molecule has 98 valence electrons. The lowest BCUT2D eigenvalue weighted by atomic mass is 10.1. The Bertz CT molecular complexity index is 401. The largest absolute Gasteiger partial charge is 0.282 e. The third-order valence-corrected chi connectivity index (χ3v) is 5.15. The summed E-state index contributed by atoms with van der Waals surface area (Å²) in [5.41, 5.74) is 0. The Hall–Kier alpha value is -0.750. The smallest absolute Gasteiger partial charge is 0.211 e. The Kier molecular flexibility index (Phi) is 4.82. The van der Waals surface area contributed by atoms with Gasteiger partial charge in [-0.3, -0.25) is 0 Å². The minimum absolute atomic E-state index is 0.0880. The quantitative estimate of drug-likeness (QED) is 0.542. The van der Waals surface area contributed by atoms with Crippen LogP contribution in [0.15, 0.2) is 4.99 Å². The Morgan fingerprint density at radius 2 is 2.12 bits per heavy atom. The lowest BCUT2D eigenvalue weighted by Crippen LogP contribution is -2.49. The van der Waals surface area contributed by atoms with Gasteiger partial charge in [0.2, 0.25) is 6.08 Å². The Morgan fingerprint density at radius 1 is 1.47 bits per heavy atom. The molecule has 1 saturated heterocycles. The van der Waals surface area contributed by atoms with E-state index in [4.69, 9.17) is 0 Å². The summed E-state index contributed by atoms with van der Waals surface area (Å²) in [7, 11) is -1.87. The maximum Gasteiger partial charge on any atom is 0.282 e. The fraction of sp³-hybridized carbons (Fsp3) is 0.900. The van der Waals surface area contributed by atoms with Crippen LogP contribution in [0.1, 0.15) is 26.7 Å². The van der Waals surface area contributed by atoms with Crippen molar-refractivity contribution in [2.75, 3.05) is 20.1 Å². The van der Waals surface area contributed by atoms with Crippen LogP contribution in [0, 0.1) is 0 Å². The molecule has 1 atom stereocenters. The molecule has 17 heavy (non-hydrogen) atoms. The molecule has 0 aliphatic carbocycles. The van der Waals surface area contributed by atoms with E-state index < -0.39 is 10.2 Å². The molecule has 0 spiro atoms. The van der Waals surface area contributed by atoms with Crippen LogP contribution < -0.4 is 0 Å². The summed E-state index contributed by atoms with van der Waals surface area (Å²) in [6.45, 7) is 4.41. The molecule has 0 saturated carbocycles. The lowest BCUT2D eigenvalue weighted by molar-refractivity contribution is 0.283. The van der Waals surface area contributed by atoms with Crippen molar-refractivity contribution in [3.63, 3.8) is 0 Å². The minimum atomic E-state index is -3.44. The third kappa shape index (κ3) is 3.35. The van der Waals surface area contributed by atoms with Crippen molar-refractivity contribution in [1.29, 1.82) is 0 Å². The van der Waals surface area contributed by atoms with E-state index in [0.717, 1.165) is 12.8 Å². The number of carbonyl (C=O) groups excluding carboxylic acids is 1. The first-order chi connectivity index (χ1) is 7.89. The van der Waals surface area contributed by atoms with Crippen molar-refractivity contribution in [2.24, 2.45) is 4.99 Å². The molecule has 0 aromatic rings. The van der Waals surface area contributed by atoms with Gasteiger partial charge in [0.25, 0.3) is 10.2 Å². The molecule has 0 aromatic carbocycles. The molecule has 0 aromatic heterocycles. The Morgan fingerprint density at radius 3 is 2.65 bits per heavy atom. The molecule has 1 aliphatic heterocycles. The van der Waals surface area contributed by atoms with E-state index in [9.17, 15) is 13.2 Å². The van der Waals surface area contributed by atoms with E-state index in [0.29, 0.717) is 6.54 Å². The standard InChI is InChI=1S/C10H19N3O3S/c1-9(2)12(3)17(15,16)13-6-4-5-10(7-13)11-8-14/h9-10H,4-7H2,1-3H3. The van der Waals surface area contributed by atoms with E-state index in [1.807, 2.05) is 13.8 Å². The van der Waals surface area contributed by atoms with Gasteiger partial charge in [0.05, 0.1) is 6.04 Å². The minimum Gasteiger partial charge on any atom is -0.211 e. The monoisotopic (exact) mass is 261 g/mol. The molecule has 1 unspecified atom stereocenters. The molecule has 7 heteroatoms. The van der Waals surface area contributed by atoms with Crippen LogP contribution in [-0.2, 0) is 15.0 Å². The average molecular weight is 261 g/mol. The zero-order chi connectivity index (χ0) is 13.1. The van der Waals surface area contributed by atoms with Crippen molar-refractivity contribution in [3.05, 3.63) is 0 Å². The third-order valence-electron chi connectivity index (χ3n) is 3.01. The van der Waals surface area contributed by atoms with Gasteiger partial charge in [0.15, 0.2) is 0 Å². The maximum atomic E-state index is 12.2. The second-order valence-corrected chi connectivity index (χ2v) is 6.48. The second-order valence-electron chi connectivity index (χ2n) is 4.49. The zero-order valence-corrected chi connectivity index (χ0v) is 11.3. The van der Waals surface area contributed by atoms with Gasteiger partial charge in [-0.15, -0.1) is 0 Å². The van der Waals surface area contributed by atoms with Crippen LogP contribution in [-0.4, -0.2) is 55.3 Å². The SMILES string of the molecule is CC(C)N(C)S(=O)(=O)N1CCCC(N=C=O)C1. The molecule has 0 bridgehead atoms. The summed E-state index contributed by atoms with van der Waals surface area (Å²) in [4.78, 5) is 13.8. The lowest BCUT2D eigenvalue weighted by Gasteiger charge is -2.33. The van der Waals surface area contributed by atoms with Gasteiger partial charge in [-0.2, -0.15) is 17.0 Å². The van der Waals surface area contributed by atoms with E-state index in [2.05, 4.69) is 4.99 Å². The molecule has 0 amide bonds. The predicted molar refractivity (Wildman–Crippen MR) is 64.5 cm³/mol. The summed E-state index contributed by atoms with van der Waals surface area (Å²) in [6.07, 6.45) is 2.97. The first kappa shape index (κ1) is 14.3. The van der Waals surface area contributed by atoms with Crippen LogP contribution in [0.3, 0.4) is 0 Å². The second kappa shape index (κ2) is 5.73. The van der Waals surface area contributed by atoms with E-state index in [1.54, 1.807) is 7.05 Å². The molecule has 1 fully saturated rings. The number of rotatable bonds is 4. The van der Waals surface area contributed by atoms with Gasteiger partial charge in [-0.25, -0.2) is 9.79 Å². The average Bonchev–Trinajstić information content (AvgIpc) is 2.28. The fourth-order valence-electron chi connectivity index (χ4n) is 1.76.